The molecule has 1 unspecified atom stereocenters. The van der Waals surface area contributed by atoms with Crippen molar-refractivity contribution in [2.45, 2.75) is 44.9 Å². The Morgan fingerprint density at radius 3 is 2.90 bits per heavy atom. The highest BCUT2D eigenvalue weighted by Gasteiger charge is 2.45. The molecule has 1 fully saturated rings. The van der Waals surface area contributed by atoms with Crippen LogP contribution in [-0.4, -0.2) is 48.6 Å². The molecule has 8 heteroatoms. The van der Waals surface area contributed by atoms with Gasteiger partial charge >= 0.3 is 0 Å². The van der Waals surface area contributed by atoms with E-state index in [1.807, 2.05) is 38.1 Å². The van der Waals surface area contributed by atoms with Gasteiger partial charge in [0.15, 0.2) is 5.65 Å². The largest absolute Gasteiger partial charge is 0.368 e. The molecule has 1 aliphatic heterocycles. The van der Waals surface area contributed by atoms with Crippen molar-refractivity contribution in [2.75, 3.05) is 18.8 Å². The Balaban J connectivity index is 1.54. The molecule has 3 aromatic heterocycles. The number of carbonyl (C=O) groups is 1. The van der Waals surface area contributed by atoms with Gasteiger partial charge in [0.1, 0.15) is 0 Å². The Kier molecular flexibility index (Phi) is 3.88. The number of fused-ring (bicyclic) bond motifs is 3. The number of piperidine rings is 1. The van der Waals surface area contributed by atoms with Crippen LogP contribution in [0.15, 0.2) is 12.3 Å². The normalized spacial score (nSPS) is 21.1. The van der Waals surface area contributed by atoms with Crippen LogP contribution in [0, 0.1) is 13.8 Å². The van der Waals surface area contributed by atoms with Gasteiger partial charge in [-0.1, -0.05) is 0 Å². The molecule has 1 spiro atoms. The third kappa shape index (κ3) is 2.69. The lowest BCUT2D eigenvalue weighted by Gasteiger charge is -2.40. The number of hydrogen-bond acceptors (Lipinski definition) is 6. The highest BCUT2D eigenvalue weighted by Crippen LogP contribution is 2.44. The number of pyridine rings is 1. The van der Waals surface area contributed by atoms with Crippen molar-refractivity contribution in [3.63, 3.8) is 0 Å². The minimum atomic E-state index is -0.120. The van der Waals surface area contributed by atoms with Gasteiger partial charge in [0.25, 0.3) is 5.91 Å². The van der Waals surface area contributed by atoms with Crippen molar-refractivity contribution >= 4 is 22.9 Å². The Morgan fingerprint density at radius 1 is 1.24 bits per heavy atom. The van der Waals surface area contributed by atoms with Crippen LogP contribution in [0.1, 0.15) is 52.3 Å². The molecule has 0 radical (unpaired) electrons. The summed E-state index contributed by atoms with van der Waals surface area (Å²) in [5, 5.41) is 5.33. The SMILES string of the molecule is Cc1cc(C(=O)N2CCCC3(CCc4cnc(N)nc43)C2)c2c(C)nn(C)c2n1. The van der Waals surface area contributed by atoms with E-state index in [9.17, 15) is 4.79 Å². The molecule has 8 nitrogen and oxygen atoms in total. The molecule has 29 heavy (non-hydrogen) atoms. The zero-order valence-electron chi connectivity index (χ0n) is 17.1. The van der Waals surface area contributed by atoms with Crippen LogP contribution in [0.3, 0.4) is 0 Å². The smallest absolute Gasteiger partial charge is 0.254 e. The van der Waals surface area contributed by atoms with Crippen LogP contribution in [0.4, 0.5) is 5.95 Å². The minimum absolute atomic E-state index is 0.0474. The van der Waals surface area contributed by atoms with Gasteiger partial charge in [-0.15, -0.1) is 0 Å². The first-order chi connectivity index (χ1) is 13.9. The third-order valence-corrected chi connectivity index (χ3v) is 6.45. The fraction of sp³-hybridized carbons (Fsp3) is 0.476. The summed E-state index contributed by atoms with van der Waals surface area (Å²) in [6.07, 6.45) is 5.76. The molecule has 0 saturated carbocycles. The Hall–Kier alpha value is -3.03. The molecule has 3 aromatic rings. The zero-order chi connectivity index (χ0) is 20.3. The fourth-order valence-electron chi connectivity index (χ4n) is 5.17. The maximum absolute atomic E-state index is 13.7. The average molecular weight is 391 g/mol. The number of anilines is 1. The van der Waals surface area contributed by atoms with Gasteiger partial charge in [-0.3, -0.25) is 9.48 Å². The van der Waals surface area contributed by atoms with Crippen molar-refractivity contribution in [3.05, 3.63) is 40.5 Å². The van der Waals surface area contributed by atoms with Gasteiger partial charge in [0.2, 0.25) is 5.95 Å². The summed E-state index contributed by atoms with van der Waals surface area (Å²) in [5.41, 5.74) is 11.1. The molecule has 1 aliphatic carbocycles. The van der Waals surface area contributed by atoms with Gasteiger partial charge in [-0.2, -0.15) is 5.10 Å². The molecule has 0 bridgehead atoms. The Bertz CT molecular complexity index is 1150. The van der Waals surface area contributed by atoms with E-state index < -0.39 is 0 Å². The van der Waals surface area contributed by atoms with E-state index in [0.717, 1.165) is 60.3 Å². The zero-order valence-corrected chi connectivity index (χ0v) is 17.1. The molecule has 1 atom stereocenters. The molecule has 5 rings (SSSR count). The van der Waals surface area contributed by atoms with Crippen LogP contribution in [0.2, 0.25) is 0 Å². The summed E-state index contributed by atoms with van der Waals surface area (Å²) < 4.78 is 1.75. The van der Waals surface area contributed by atoms with E-state index in [1.165, 1.54) is 5.56 Å². The summed E-state index contributed by atoms with van der Waals surface area (Å²) in [6.45, 7) is 5.26. The van der Waals surface area contributed by atoms with Crippen LogP contribution in [-0.2, 0) is 18.9 Å². The molecule has 1 amide bonds. The van der Waals surface area contributed by atoms with Gasteiger partial charge in [0, 0.05) is 37.4 Å². The highest BCUT2D eigenvalue weighted by atomic mass is 16.2. The predicted octanol–water partition coefficient (Wildman–Crippen LogP) is 2.08. The van der Waals surface area contributed by atoms with Gasteiger partial charge < -0.3 is 10.6 Å². The number of amides is 1. The van der Waals surface area contributed by atoms with Crippen molar-refractivity contribution in [3.8, 4) is 0 Å². The number of aryl methyl sites for hydroxylation is 4. The van der Waals surface area contributed by atoms with Crippen LogP contribution in [0.25, 0.3) is 11.0 Å². The summed E-state index contributed by atoms with van der Waals surface area (Å²) in [6, 6.07) is 1.89. The number of nitrogen functional groups attached to an aromatic ring is 1. The highest BCUT2D eigenvalue weighted by molar-refractivity contribution is 6.06. The summed E-state index contributed by atoms with van der Waals surface area (Å²) >= 11 is 0. The van der Waals surface area contributed by atoms with Gasteiger partial charge in [-0.05, 0) is 51.2 Å². The quantitative estimate of drug-likeness (QED) is 0.681. The first-order valence-electron chi connectivity index (χ1n) is 10.1. The molecule has 150 valence electrons. The first kappa shape index (κ1) is 18.0. The fourth-order valence-corrected chi connectivity index (χ4v) is 5.17. The molecule has 1 saturated heterocycles. The number of nitrogens with two attached hydrogens (primary N) is 1. The number of rotatable bonds is 1. The second kappa shape index (κ2) is 6.23. The molecular weight excluding hydrogens is 366 g/mol. The summed E-state index contributed by atoms with van der Waals surface area (Å²) in [4.78, 5) is 29.0. The maximum Gasteiger partial charge on any atom is 0.254 e. The second-order valence-corrected chi connectivity index (χ2v) is 8.43. The van der Waals surface area contributed by atoms with Gasteiger partial charge in [0.05, 0.1) is 22.3 Å². The van der Waals surface area contributed by atoms with Crippen molar-refractivity contribution in [1.82, 2.24) is 29.6 Å². The van der Waals surface area contributed by atoms with E-state index in [4.69, 9.17) is 5.73 Å². The van der Waals surface area contributed by atoms with Crippen molar-refractivity contribution < 1.29 is 4.79 Å². The van der Waals surface area contributed by atoms with Crippen LogP contribution in [0.5, 0.6) is 0 Å². The standard InChI is InChI=1S/C21H25N7O/c1-12-9-15(16-13(2)26-27(3)18(16)24-12)19(29)28-8-4-6-21(11-28)7-5-14-10-23-20(22)25-17(14)21/h9-10H,4-8,11H2,1-3H3,(H2,22,23,25). The van der Waals surface area contributed by atoms with Crippen molar-refractivity contribution in [1.29, 1.82) is 0 Å². The Morgan fingerprint density at radius 2 is 2.07 bits per heavy atom. The number of hydrogen-bond donors (Lipinski definition) is 1. The number of carbonyl (C=O) groups excluding carboxylic acids is 1. The maximum atomic E-state index is 13.7. The molecule has 2 N–H and O–H groups in total. The molecule has 2 aliphatic rings. The Labute approximate surface area is 169 Å². The lowest BCUT2D eigenvalue weighted by Crippen LogP contribution is -2.48. The first-order valence-corrected chi connectivity index (χ1v) is 10.1. The lowest BCUT2D eigenvalue weighted by atomic mass is 9.77. The number of likely N-dealkylation sites (tertiary alicyclic amines) is 1. The van der Waals surface area contributed by atoms with E-state index in [-0.39, 0.29) is 11.3 Å². The van der Waals surface area contributed by atoms with Crippen molar-refractivity contribution in [2.24, 2.45) is 7.05 Å². The van der Waals surface area contributed by atoms with E-state index in [1.54, 1.807) is 4.68 Å². The lowest BCUT2D eigenvalue weighted by molar-refractivity contribution is 0.0635. The number of nitrogens with zero attached hydrogens (tertiary/aromatic N) is 6. The van der Waals surface area contributed by atoms with E-state index >= 15 is 0 Å². The minimum Gasteiger partial charge on any atom is -0.368 e. The third-order valence-electron chi connectivity index (χ3n) is 6.45. The monoisotopic (exact) mass is 391 g/mol. The molecule has 4 heterocycles. The second-order valence-electron chi connectivity index (χ2n) is 8.43. The van der Waals surface area contributed by atoms with Gasteiger partial charge in [-0.25, -0.2) is 15.0 Å². The van der Waals surface area contributed by atoms with E-state index in [2.05, 4.69) is 20.1 Å². The average Bonchev–Trinajstić information content (AvgIpc) is 3.18. The summed E-state index contributed by atoms with van der Waals surface area (Å²) in [7, 11) is 1.87. The molecular formula is C21H25N7O. The predicted molar refractivity (Wildman–Crippen MR) is 110 cm³/mol. The molecule has 0 aromatic carbocycles. The van der Waals surface area contributed by atoms with E-state index in [0.29, 0.717) is 18.1 Å². The van der Waals surface area contributed by atoms with Crippen LogP contribution >= 0.6 is 0 Å². The topological polar surface area (TPSA) is 103 Å². The summed E-state index contributed by atoms with van der Waals surface area (Å²) in [5.74, 6) is 0.358. The number of aromatic nitrogens is 5. The van der Waals surface area contributed by atoms with Crippen LogP contribution < -0.4 is 5.73 Å².